The Morgan fingerprint density at radius 1 is 1.12 bits per heavy atom. The number of hydrogen-bond acceptors (Lipinski definition) is 8. The molecule has 10 nitrogen and oxygen atoms in total. The second kappa shape index (κ2) is 9.14. The quantitative estimate of drug-likeness (QED) is 0.523. The maximum absolute atomic E-state index is 13.1. The van der Waals surface area contributed by atoms with E-state index in [-0.39, 0.29) is 5.91 Å². The van der Waals surface area contributed by atoms with Crippen LogP contribution in [0.5, 0.6) is 11.5 Å². The summed E-state index contributed by atoms with van der Waals surface area (Å²) in [4.78, 5) is 27.4. The molecule has 0 radical (unpaired) electrons. The lowest BCUT2D eigenvalue weighted by atomic mass is 10.1. The number of nitrogens with zero attached hydrogens (tertiary/aromatic N) is 3. The van der Waals surface area contributed by atoms with Crippen molar-refractivity contribution in [3.63, 3.8) is 0 Å². The first-order valence-corrected chi connectivity index (χ1v) is 11.3. The molecular formula is C23H28N6O4. The number of aryl methyl sites for hydroxylation is 1. The average molecular weight is 453 g/mol. The summed E-state index contributed by atoms with van der Waals surface area (Å²) in [7, 11) is 0. The van der Waals surface area contributed by atoms with Gasteiger partial charge in [-0.25, -0.2) is 0 Å². The number of amides is 1. The Balaban J connectivity index is 1.49. The molecule has 0 saturated carbocycles. The van der Waals surface area contributed by atoms with Crippen LogP contribution in [-0.2, 0) is 4.74 Å². The Morgan fingerprint density at radius 3 is 2.70 bits per heavy atom. The fourth-order valence-corrected chi connectivity index (χ4v) is 4.08. The van der Waals surface area contributed by atoms with E-state index in [1.807, 2.05) is 19.2 Å². The van der Waals surface area contributed by atoms with Gasteiger partial charge in [0.25, 0.3) is 5.91 Å². The number of H-pyrrole nitrogens is 1. The van der Waals surface area contributed by atoms with Crippen molar-refractivity contribution in [1.29, 1.82) is 0 Å². The first kappa shape index (κ1) is 21.3. The van der Waals surface area contributed by atoms with Crippen LogP contribution in [-0.4, -0.2) is 71.8 Å². The first-order valence-electron chi connectivity index (χ1n) is 11.3. The molecule has 5 rings (SSSR count). The Labute approximate surface area is 191 Å². The zero-order valence-electron chi connectivity index (χ0n) is 18.9. The standard InChI is InChI=1S/C23H28N6O4/c1-3-6-24-20-17-14(2)13-25-21(17)28-23(27-20)26-16-5-4-15(18-19(16)33-12-11-32-18)22(30)29-7-9-31-10-8-29/h4-5,13H,3,6-12H2,1-2H3,(H3,24,25,26,27,28). The van der Waals surface area contributed by atoms with Crippen LogP contribution in [0.4, 0.5) is 17.5 Å². The number of rotatable bonds is 6. The van der Waals surface area contributed by atoms with E-state index in [4.69, 9.17) is 19.2 Å². The predicted octanol–water partition coefficient (Wildman–Crippen LogP) is 3.08. The summed E-state index contributed by atoms with van der Waals surface area (Å²) < 4.78 is 17.2. The number of anilines is 3. The minimum atomic E-state index is -0.0859. The molecule has 1 aromatic carbocycles. The summed E-state index contributed by atoms with van der Waals surface area (Å²) >= 11 is 0. The van der Waals surface area contributed by atoms with Crippen molar-refractivity contribution in [3.05, 3.63) is 29.5 Å². The highest BCUT2D eigenvalue weighted by Crippen LogP contribution is 2.42. The third-order valence-corrected chi connectivity index (χ3v) is 5.73. The summed E-state index contributed by atoms with van der Waals surface area (Å²) in [5.41, 5.74) is 2.95. The minimum absolute atomic E-state index is 0.0859. The van der Waals surface area contributed by atoms with Gasteiger partial charge in [0, 0.05) is 25.8 Å². The lowest BCUT2D eigenvalue weighted by Gasteiger charge is -2.29. The van der Waals surface area contributed by atoms with Crippen molar-refractivity contribution < 1.29 is 19.0 Å². The van der Waals surface area contributed by atoms with Crippen molar-refractivity contribution in [1.82, 2.24) is 19.9 Å². The van der Waals surface area contributed by atoms with Crippen molar-refractivity contribution >= 4 is 34.4 Å². The molecule has 1 fully saturated rings. The van der Waals surface area contributed by atoms with Crippen molar-refractivity contribution in [2.75, 3.05) is 56.7 Å². The van der Waals surface area contributed by atoms with Gasteiger partial charge in [0.1, 0.15) is 24.7 Å². The predicted molar refractivity (Wildman–Crippen MR) is 125 cm³/mol. The average Bonchev–Trinajstić information content (AvgIpc) is 3.23. The highest BCUT2D eigenvalue weighted by atomic mass is 16.6. The van der Waals surface area contributed by atoms with E-state index in [9.17, 15) is 4.79 Å². The number of carbonyl (C=O) groups excluding carboxylic acids is 1. The first-order chi connectivity index (χ1) is 16.2. The van der Waals surface area contributed by atoms with Crippen LogP contribution in [0.25, 0.3) is 11.0 Å². The van der Waals surface area contributed by atoms with Gasteiger partial charge in [0.05, 0.1) is 29.9 Å². The zero-order valence-corrected chi connectivity index (χ0v) is 18.9. The summed E-state index contributed by atoms with van der Waals surface area (Å²) in [5.74, 6) is 2.05. The van der Waals surface area contributed by atoms with Crippen molar-refractivity contribution in [2.24, 2.45) is 0 Å². The molecule has 0 atom stereocenters. The summed E-state index contributed by atoms with van der Waals surface area (Å²) in [6.45, 7) is 7.92. The molecule has 2 aliphatic heterocycles. The molecule has 33 heavy (non-hydrogen) atoms. The second-order valence-corrected chi connectivity index (χ2v) is 8.06. The highest BCUT2D eigenvalue weighted by Gasteiger charge is 2.28. The van der Waals surface area contributed by atoms with Gasteiger partial charge < -0.3 is 34.7 Å². The van der Waals surface area contributed by atoms with Crippen LogP contribution >= 0.6 is 0 Å². The molecule has 0 spiro atoms. The smallest absolute Gasteiger partial charge is 0.257 e. The van der Waals surface area contributed by atoms with Crippen molar-refractivity contribution in [2.45, 2.75) is 20.3 Å². The van der Waals surface area contributed by atoms with Gasteiger partial charge >= 0.3 is 0 Å². The van der Waals surface area contributed by atoms with E-state index >= 15 is 0 Å². The molecule has 0 aliphatic carbocycles. The number of benzene rings is 1. The van der Waals surface area contributed by atoms with Crippen LogP contribution in [0.3, 0.4) is 0 Å². The molecule has 1 amide bonds. The summed E-state index contributed by atoms with van der Waals surface area (Å²) in [6.07, 6.45) is 2.90. The largest absolute Gasteiger partial charge is 0.485 e. The van der Waals surface area contributed by atoms with E-state index < -0.39 is 0 Å². The molecule has 0 bridgehead atoms. The van der Waals surface area contributed by atoms with E-state index in [0.717, 1.165) is 35.4 Å². The number of ether oxygens (including phenoxy) is 3. The molecule has 3 N–H and O–H groups in total. The molecule has 10 heteroatoms. The van der Waals surface area contributed by atoms with Crippen LogP contribution in [0, 0.1) is 6.92 Å². The number of nitrogens with one attached hydrogen (secondary N) is 3. The molecule has 4 heterocycles. The molecule has 2 aromatic heterocycles. The lowest BCUT2D eigenvalue weighted by molar-refractivity contribution is 0.0298. The number of aromatic amines is 1. The normalized spacial score (nSPS) is 15.5. The van der Waals surface area contributed by atoms with Gasteiger partial charge in [-0.1, -0.05) is 6.92 Å². The van der Waals surface area contributed by atoms with E-state index in [1.165, 1.54) is 0 Å². The van der Waals surface area contributed by atoms with E-state index in [1.54, 1.807) is 11.0 Å². The highest BCUT2D eigenvalue weighted by molar-refractivity contribution is 5.99. The van der Waals surface area contributed by atoms with Crippen LogP contribution in [0.15, 0.2) is 18.3 Å². The maximum Gasteiger partial charge on any atom is 0.257 e. The van der Waals surface area contributed by atoms with Gasteiger partial charge in [-0.15, -0.1) is 0 Å². The number of carbonyl (C=O) groups is 1. The number of fused-ring (bicyclic) bond motifs is 2. The summed E-state index contributed by atoms with van der Waals surface area (Å²) in [5, 5.41) is 7.62. The summed E-state index contributed by atoms with van der Waals surface area (Å²) in [6, 6.07) is 3.58. The van der Waals surface area contributed by atoms with Crippen LogP contribution in [0.1, 0.15) is 29.3 Å². The lowest BCUT2D eigenvalue weighted by Crippen LogP contribution is -2.41. The Kier molecular flexibility index (Phi) is 5.91. The molecule has 174 valence electrons. The van der Waals surface area contributed by atoms with Gasteiger partial charge in [0.15, 0.2) is 11.5 Å². The van der Waals surface area contributed by atoms with E-state index in [0.29, 0.717) is 68.2 Å². The Hall–Kier alpha value is -3.53. The molecular weight excluding hydrogens is 424 g/mol. The van der Waals surface area contributed by atoms with Crippen LogP contribution < -0.4 is 20.1 Å². The van der Waals surface area contributed by atoms with Gasteiger partial charge in [-0.2, -0.15) is 9.97 Å². The van der Waals surface area contributed by atoms with E-state index in [2.05, 4.69) is 27.5 Å². The zero-order chi connectivity index (χ0) is 22.8. The maximum atomic E-state index is 13.1. The number of aromatic nitrogens is 3. The Bertz CT molecular complexity index is 1170. The molecule has 2 aliphatic rings. The second-order valence-electron chi connectivity index (χ2n) is 8.06. The van der Waals surface area contributed by atoms with Gasteiger partial charge in [-0.3, -0.25) is 4.79 Å². The molecule has 1 saturated heterocycles. The monoisotopic (exact) mass is 452 g/mol. The van der Waals surface area contributed by atoms with Crippen LogP contribution in [0.2, 0.25) is 0 Å². The fourth-order valence-electron chi connectivity index (χ4n) is 4.08. The molecule has 0 unspecified atom stereocenters. The fraction of sp³-hybridized carbons (Fsp3) is 0.435. The van der Waals surface area contributed by atoms with Gasteiger partial charge in [0.2, 0.25) is 5.95 Å². The third kappa shape index (κ3) is 4.13. The number of hydrogen-bond donors (Lipinski definition) is 3. The topological polar surface area (TPSA) is 114 Å². The third-order valence-electron chi connectivity index (χ3n) is 5.73. The van der Waals surface area contributed by atoms with Gasteiger partial charge in [-0.05, 0) is 31.0 Å². The number of morpholine rings is 1. The Morgan fingerprint density at radius 2 is 1.91 bits per heavy atom. The SMILES string of the molecule is CCCNc1nc(Nc2ccc(C(=O)N3CCOCC3)c3c2OCCO3)nc2[nH]cc(C)c12. The van der Waals surface area contributed by atoms with Crippen molar-refractivity contribution in [3.8, 4) is 11.5 Å². The molecule has 3 aromatic rings. The minimum Gasteiger partial charge on any atom is -0.485 e.